The van der Waals surface area contributed by atoms with Crippen molar-refractivity contribution in [1.82, 2.24) is 9.78 Å². The molecule has 1 fully saturated rings. The molecule has 2 N–H and O–H groups in total. The molecule has 20 heavy (non-hydrogen) atoms. The highest BCUT2D eigenvalue weighted by atomic mass is 32.1. The summed E-state index contributed by atoms with van der Waals surface area (Å²) >= 11 is 1.75. The normalized spacial score (nSPS) is 22.1. The molecule has 108 valence electrons. The van der Waals surface area contributed by atoms with Crippen LogP contribution in [-0.2, 0) is 7.05 Å². The van der Waals surface area contributed by atoms with E-state index >= 15 is 0 Å². The molecule has 0 saturated heterocycles. The fourth-order valence-corrected chi connectivity index (χ4v) is 4.26. The molecule has 0 spiro atoms. The summed E-state index contributed by atoms with van der Waals surface area (Å²) in [6.07, 6.45) is 5.13. The summed E-state index contributed by atoms with van der Waals surface area (Å²) in [4.78, 5) is 1.24. The molecule has 0 aliphatic heterocycles. The molecule has 2 aromatic heterocycles. The molecular formula is C16H23N3S. The van der Waals surface area contributed by atoms with Gasteiger partial charge >= 0.3 is 0 Å². The first kappa shape index (κ1) is 13.7. The van der Waals surface area contributed by atoms with Gasteiger partial charge in [-0.1, -0.05) is 32.8 Å². The van der Waals surface area contributed by atoms with Crippen LogP contribution in [0.1, 0.15) is 51.1 Å². The van der Waals surface area contributed by atoms with Gasteiger partial charge in [0, 0.05) is 17.8 Å². The molecule has 3 rings (SSSR count). The number of nitrogen functional groups attached to an aromatic ring is 1. The first-order valence-electron chi connectivity index (χ1n) is 7.37. The maximum absolute atomic E-state index is 6.30. The van der Waals surface area contributed by atoms with Crippen LogP contribution in [0.3, 0.4) is 0 Å². The van der Waals surface area contributed by atoms with Gasteiger partial charge in [0.15, 0.2) is 0 Å². The first-order valence-corrected chi connectivity index (χ1v) is 8.25. The van der Waals surface area contributed by atoms with Crippen LogP contribution in [0.15, 0.2) is 17.5 Å². The van der Waals surface area contributed by atoms with Crippen molar-refractivity contribution in [2.24, 2.45) is 12.5 Å². The van der Waals surface area contributed by atoms with Gasteiger partial charge in [0.25, 0.3) is 0 Å². The maximum atomic E-state index is 6.30. The minimum absolute atomic E-state index is 0.311. The number of hydrogen-bond donors (Lipinski definition) is 1. The van der Waals surface area contributed by atoms with Crippen LogP contribution in [0.4, 0.5) is 5.82 Å². The Labute approximate surface area is 124 Å². The van der Waals surface area contributed by atoms with E-state index in [-0.39, 0.29) is 0 Å². The van der Waals surface area contributed by atoms with E-state index in [0.717, 1.165) is 5.82 Å². The first-order chi connectivity index (χ1) is 9.50. The fraction of sp³-hybridized carbons (Fsp3) is 0.562. The summed E-state index contributed by atoms with van der Waals surface area (Å²) < 4.78 is 1.84. The molecule has 4 heteroatoms. The number of thiophene rings is 1. The van der Waals surface area contributed by atoms with Gasteiger partial charge in [-0.15, -0.1) is 11.3 Å². The van der Waals surface area contributed by atoms with Crippen LogP contribution < -0.4 is 5.73 Å². The van der Waals surface area contributed by atoms with Crippen molar-refractivity contribution in [2.45, 2.75) is 45.4 Å². The van der Waals surface area contributed by atoms with Gasteiger partial charge < -0.3 is 5.73 Å². The van der Waals surface area contributed by atoms with Crippen LogP contribution >= 0.6 is 11.3 Å². The Hall–Kier alpha value is -1.29. The number of nitrogens with zero attached hydrogens (tertiary/aromatic N) is 2. The zero-order valence-corrected chi connectivity index (χ0v) is 13.3. The van der Waals surface area contributed by atoms with E-state index in [0.29, 0.717) is 11.3 Å². The number of anilines is 1. The van der Waals surface area contributed by atoms with E-state index in [1.54, 1.807) is 11.3 Å². The van der Waals surface area contributed by atoms with E-state index in [1.165, 1.54) is 41.8 Å². The lowest BCUT2D eigenvalue weighted by molar-refractivity contribution is 0.196. The van der Waals surface area contributed by atoms with Crippen LogP contribution in [0.2, 0.25) is 0 Å². The van der Waals surface area contributed by atoms with Crippen molar-refractivity contribution in [3.63, 3.8) is 0 Å². The molecule has 0 bridgehead atoms. The van der Waals surface area contributed by atoms with Gasteiger partial charge in [0.05, 0.1) is 11.3 Å². The third kappa shape index (κ3) is 2.16. The Kier molecular flexibility index (Phi) is 3.36. The van der Waals surface area contributed by atoms with E-state index in [4.69, 9.17) is 10.8 Å². The van der Waals surface area contributed by atoms with Crippen molar-refractivity contribution >= 4 is 17.2 Å². The number of rotatable bonds is 2. The van der Waals surface area contributed by atoms with Crippen molar-refractivity contribution in [3.05, 3.63) is 23.2 Å². The monoisotopic (exact) mass is 289 g/mol. The molecule has 1 atom stereocenters. The Morgan fingerprint density at radius 3 is 2.85 bits per heavy atom. The smallest absolute Gasteiger partial charge is 0.130 e. The summed E-state index contributed by atoms with van der Waals surface area (Å²) in [6.45, 7) is 4.75. The predicted molar refractivity (Wildman–Crippen MR) is 85.9 cm³/mol. The lowest BCUT2D eigenvalue weighted by Gasteiger charge is -2.38. The lowest BCUT2D eigenvalue weighted by atomic mass is 9.67. The molecule has 1 aliphatic rings. The van der Waals surface area contributed by atoms with E-state index < -0.39 is 0 Å². The quantitative estimate of drug-likeness (QED) is 0.889. The summed E-state index contributed by atoms with van der Waals surface area (Å²) in [5.41, 5.74) is 8.98. The highest BCUT2D eigenvalue weighted by molar-refractivity contribution is 7.13. The molecule has 0 aromatic carbocycles. The van der Waals surface area contributed by atoms with Gasteiger partial charge in [-0.3, -0.25) is 4.68 Å². The van der Waals surface area contributed by atoms with Gasteiger partial charge in [-0.05, 0) is 29.7 Å². The Bertz CT molecular complexity index is 596. The average Bonchev–Trinajstić information content (AvgIpc) is 2.99. The largest absolute Gasteiger partial charge is 0.383 e. The zero-order valence-electron chi connectivity index (χ0n) is 12.5. The SMILES string of the molecule is Cn1nc(C2CCCCC2(C)C)c(-c2cccs2)c1N. The predicted octanol–water partition coefficient (Wildman–Crippen LogP) is 4.41. The molecule has 2 aromatic rings. The van der Waals surface area contributed by atoms with Crippen molar-refractivity contribution in [3.8, 4) is 10.4 Å². The number of hydrogen-bond acceptors (Lipinski definition) is 3. The van der Waals surface area contributed by atoms with Gasteiger partial charge in [-0.25, -0.2) is 0 Å². The van der Waals surface area contributed by atoms with Crippen LogP contribution in [0.25, 0.3) is 10.4 Å². The van der Waals surface area contributed by atoms with E-state index in [2.05, 4.69) is 31.4 Å². The second-order valence-corrected chi connectivity index (χ2v) is 7.48. The molecule has 0 amide bonds. The summed E-state index contributed by atoms with van der Waals surface area (Å²) in [5, 5.41) is 6.89. The number of aryl methyl sites for hydroxylation is 1. The molecular weight excluding hydrogens is 266 g/mol. The Morgan fingerprint density at radius 2 is 2.20 bits per heavy atom. The Morgan fingerprint density at radius 1 is 1.40 bits per heavy atom. The van der Waals surface area contributed by atoms with Crippen LogP contribution in [-0.4, -0.2) is 9.78 Å². The van der Waals surface area contributed by atoms with Crippen molar-refractivity contribution < 1.29 is 0 Å². The molecule has 1 unspecified atom stereocenters. The van der Waals surface area contributed by atoms with E-state index in [1.807, 2.05) is 11.7 Å². The molecule has 1 aliphatic carbocycles. The fourth-order valence-electron chi connectivity index (χ4n) is 3.48. The zero-order chi connectivity index (χ0) is 14.3. The van der Waals surface area contributed by atoms with Crippen molar-refractivity contribution in [2.75, 3.05) is 5.73 Å². The number of aromatic nitrogens is 2. The highest BCUT2D eigenvalue weighted by Gasteiger charge is 2.37. The third-order valence-corrected chi connectivity index (χ3v) is 5.61. The van der Waals surface area contributed by atoms with E-state index in [9.17, 15) is 0 Å². The highest BCUT2D eigenvalue weighted by Crippen LogP contribution is 2.50. The van der Waals surface area contributed by atoms with Gasteiger partial charge in [0.2, 0.25) is 0 Å². The standard InChI is InChI=1S/C16H23N3S/c1-16(2)9-5-4-7-11(16)14-13(12-8-6-10-20-12)15(17)19(3)18-14/h6,8,10-11H,4-5,7,9,17H2,1-3H3. The Balaban J connectivity index is 2.12. The minimum Gasteiger partial charge on any atom is -0.383 e. The van der Waals surface area contributed by atoms with Crippen molar-refractivity contribution in [1.29, 1.82) is 0 Å². The summed E-state index contributed by atoms with van der Waals surface area (Å²) in [7, 11) is 1.95. The van der Waals surface area contributed by atoms with Gasteiger partial charge in [-0.2, -0.15) is 5.10 Å². The van der Waals surface area contributed by atoms with Gasteiger partial charge in [0.1, 0.15) is 5.82 Å². The molecule has 1 saturated carbocycles. The minimum atomic E-state index is 0.311. The summed E-state index contributed by atoms with van der Waals surface area (Å²) in [6, 6.07) is 4.24. The third-order valence-electron chi connectivity index (χ3n) is 4.72. The van der Waals surface area contributed by atoms with Crippen LogP contribution in [0.5, 0.6) is 0 Å². The topological polar surface area (TPSA) is 43.8 Å². The molecule has 3 nitrogen and oxygen atoms in total. The number of nitrogens with two attached hydrogens (primary N) is 1. The second kappa shape index (κ2) is 4.92. The average molecular weight is 289 g/mol. The summed E-state index contributed by atoms with van der Waals surface area (Å²) in [5.74, 6) is 1.31. The van der Waals surface area contributed by atoms with Crippen LogP contribution in [0, 0.1) is 5.41 Å². The molecule has 0 radical (unpaired) electrons. The maximum Gasteiger partial charge on any atom is 0.130 e. The lowest BCUT2D eigenvalue weighted by Crippen LogP contribution is -2.26. The second-order valence-electron chi connectivity index (χ2n) is 6.53. The molecule has 2 heterocycles.